The molecule has 1 rings (SSSR count). The van der Waals surface area contributed by atoms with Crippen LogP contribution in [-0.2, 0) is 59.1 Å². The topological polar surface area (TPSA) is 222 Å². The molecule has 1 aromatic rings. The van der Waals surface area contributed by atoms with Crippen molar-refractivity contribution in [1.82, 2.24) is 21.3 Å². The summed E-state index contributed by atoms with van der Waals surface area (Å²) in [5.41, 5.74) is 0.644. The average Bonchev–Trinajstić information content (AvgIpc) is 3.06. The van der Waals surface area contributed by atoms with Crippen LogP contribution in [0.5, 0.6) is 0 Å². The van der Waals surface area contributed by atoms with Gasteiger partial charge in [-0.25, -0.2) is 9.18 Å². The SMILES string of the molecule is COC(=O)CC[C@H](NC(=O)C(CC(=O)OC)NC(=O)OCc1ccccc1)C(=O)N[C@H](C(=O)N[C@@H](CC(=O)OC)C(=O)CF)C(C)C. The van der Waals surface area contributed by atoms with Gasteiger partial charge in [-0.2, -0.15) is 0 Å². The number of ether oxygens (including phenoxy) is 4. The van der Waals surface area contributed by atoms with Crippen LogP contribution < -0.4 is 21.3 Å². The highest BCUT2D eigenvalue weighted by Crippen LogP contribution is 2.09. The molecule has 260 valence electrons. The van der Waals surface area contributed by atoms with Gasteiger partial charge in [-0.1, -0.05) is 44.2 Å². The van der Waals surface area contributed by atoms with Crippen molar-refractivity contribution in [3.05, 3.63) is 35.9 Å². The summed E-state index contributed by atoms with van der Waals surface area (Å²) in [4.78, 5) is 99.9. The van der Waals surface area contributed by atoms with Gasteiger partial charge in [0, 0.05) is 6.42 Å². The lowest BCUT2D eigenvalue weighted by Crippen LogP contribution is -2.59. The Hall–Kier alpha value is -5.09. The molecule has 4 amide bonds. The van der Waals surface area contributed by atoms with E-state index in [4.69, 9.17) is 4.74 Å². The van der Waals surface area contributed by atoms with Gasteiger partial charge in [0.05, 0.1) is 34.2 Å². The van der Waals surface area contributed by atoms with Crippen LogP contribution in [0.1, 0.15) is 45.1 Å². The zero-order valence-corrected chi connectivity index (χ0v) is 26.8. The molecule has 17 heteroatoms. The van der Waals surface area contributed by atoms with Crippen LogP contribution in [0, 0.1) is 5.92 Å². The molecule has 0 saturated carbocycles. The first kappa shape index (κ1) is 39.9. The number of Topliss-reactive ketones (excluding diaryl/α,β-unsaturated/α-hetero) is 1. The fourth-order valence-electron chi connectivity index (χ4n) is 3.91. The van der Waals surface area contributed by atoms with Gasteiger partial charge in [-0.05, 0) is 17.9 Å². The molecule has 4 atom stereocenters. The van der Waals surface area contributed by atoms with Crippen LogP contribution in [0.3, 0.4) is 0 Å². The number of carbonyl (C=O) groups excluding carboxylic acids is 8. The maximum atomic E-state index is 13.4. The van der Waals surface area contributed by atoms with Crippen LogP contribution >= 0.6 is 0 Å². The van der Waals surface area contributed by atoms with E-state index >= 15 is 0 Å². The second-order valence-electron chi connectivity index (χ2n) is 10.4. The number of halogens is 1. The molecule has 16 nitrogen and oxygen atoms in total. The van der Waals surface area contributed by atoms with Gasteiger partial charge in [-0.15, -0.1) is 0 Å². The highest BCUT2D eigenvalue weighted by molar-refractivity contribution is 5.97. The van der Waals surface area contributed by atoms with E-state index in [2.05, 4.69) is 35.5 Å². The summed E-state index contributed by atoms with van der Waals surface area (Å²) in [6.45, 7) is 1.44. The van der Waals surface area contributed by atoms with Gasteiger partial charge >= 0.3 is 24.0 Å². The minimum atomic E-state index is -1.59. The van der Waals surface area contributed by atoms with Crippen molar-refractivity contribution in [2.45, 2.75) is 70.3 Å². The number of amides is 4. The maximum absolute atomic E-state index is 13.4. The van der Waals surface area contributed by atoms with Crippen LogP contribution in [0.2, 0.25) is 0 Å². The Kier molecular flexibility index (Phi) is 17.7. The van der Waals surface area contributed by atoms with E-state index in [1.807, 2.05) is 0 Å². The first-order valence-corrected chi connectivity index (χ1v) is 14.4. The van der Waals surface area contributed by atoms with Gasteiger partial charge in [0.25, 0.3) is 0 Å². The fourth-order valence-corrected chi connectivity index (χ4v) is 3.91. The minimum absolute atomic E-state index is 0.153. The van der Waals surface area contributed by atoms with E-state index in [1.54, 1.807) is 30.3 Å². The van der Waals surface area contributed by atoms with E-state index in [1.165, 1.54) is 13.8 Å². The lowest BCUT2D eigenvalue weighted by Gasteiger charge is -2.27. The highest BCUT2D eigenvalue weighted by atomic mass is 19.1. The lowest BCUT2D eigenvalue weighted by atomic mass is 10.0. The Balaban J connectivity index is 3.17. The molecule has 0 fully saturated rings. The second-order valence-corrected chi connectivity index (χ2v) is 10.4. The number of carbonyl (C=O) groups is 8. The summed E-state index contributed by atoms with van der Waals surface area (Å²) in [5.74, 6) is -7.21. The molecular formula is C30H41FN4O12. The number of hydrogen-bond donors (Lipinski definition) is 4. The van der Waals surface area contributed by atoms with Crippen LogP contribution in [0.15, 0.2) is 30.3 Å². The number of nitrogens with one attached hydrogen (secondary N) is 4. The Morgan fingerprint density at radius 1 is 0.681 bits per heavy atom. The standard InChI is InChI=1S/C30H41FN4O12/c1-17(2)26(29(42)33-20(22(36)15-31)13-24(38)45-4)35-27(40)19(11-12-23(37)44-3)32-28(41)21(14-25(39)46-5)34-30(43)47-16-18-9-7-6-8-10-18/h6-10,17,19-21,26H,11-16H2,1-5H3,(H,32,41)(H,33,42)(H,34,43)(H,35,40)/t19-,20-,21?,26-/m0/s1. The summed E-state index contributed by atoms with van der Waals surface area (Å²) in [7, 11) is 3.21. The molecule has 0 spiro atoms. The summed E-state index contributed by atoms with van der Waals surface area (Å²) in [6, 6.07) is 2.54. The zero-order valence-electron chi connectivity index (χ0n) is 26.8. The number of benzene rings is 1. The largest absolute Gasteiger partial charge is 0.469 e. The predicted molar refractivity (Wildman–Crippen MR) is 160 cm³/mol. The molecule has 1 aromatic carbocycles. The molecule has 47 heavy (non-hydrogen) atoms. The van der Waals surface area contributed by atoms with Crippen molar-refractivity contribution in [3.63, 3.8) is 0 Å². The molecule has 0 aliphatic rings. The van der Waals surface area contributed by atoms with Gasteiger partial charge in [0.15, 0.2) is 5.78 Å². The summed E-state index contributed by atoms with van der Waals surface area (Å²) < 4.78 is 31.9. The summed E-state index contributed by atoms with van der Waals surface area (Å²) in [6.07, 6.45) is -3.09. The van der Waals surface area contributed by atoms with Gasteiger partial charge in [-0.3, -0.25) is 33.6 Å². The predicted octanol–water partition coefficient (Wildman–Crippen LogP) is 0.00980. The zero-order chi connectivity index (χ0) is 35.5. The van der Waals surface area contributed by atoms with E-state index in [9.17, 15) is 42.7 Å². The summed E-state index contributed by atoms with van der Waals surface area (Å²) >= 11 is 0. The molecule has 0 saturated heterocycles. The van der Waals surface area contributed by atoms with E-state index in [-0.39, 0.29) is 19.4 Å². The number of alkyl halides is 1. The third-order valence-corrected chi connectivity index (χ3v) is 6.60. The summed E-state index contributed by atoms with van der Waals surface area (Å²) in [5, 5.41) is 9.26. The molecular weight excluding hydrogens is 627 g/mol. The third-order valence-electron chi connectivity index (χ3n) is 6.60. The minimum Gasteiger partial charge on any atom is -0.469 e. The third kappa shape index (κ3) is 14.7. The molecule has 0 radical (unpaired) electrons. The van der Waals surface area contributed by atoms with E-state index < -0.39 is 97.1 Å². The second kappa shape index (κ2) is 20.8. The van der Waals surface area contributed by atoms with Gasteiger partial charge in [0.1, 0.15) is 37.4 Å². The first-order chi connectivity index (χ1) is 22.3. The van der Waals surface area contributed by atoms with Crippen LogP contribution in [0.25, 0.3) is 0 Å². The van der Waals surface area contributed by atoms with Crippen molar-refractivity contribution >= 4 is 47.5 Å². The van der Waals surface area contributed by atoms with Crippen molar-refractivity contribution in [2.75, 3.05) is 28.0 Å². The first-order valence-electron chi connectivity index (χ1n) is 14.4. The normalized spacial score (nSPS) is 13.1. The smallest absolute Gasteiger partial charge is 0.408 e. The Bertz CT molecular complexity index is 1260. The van der Waals surface area contributed by atoms with Crippen LogP contribution in [0.4, 0.5) is 9.18 Å². The monoisotopic (exact) mass is 668 g/mol. The Morgan fingerprint density at radius 3 is 1.74 bits per heavy atom. The highest BCUT2D eigenvalue weighted by Gasteiger charge is 2.34. The molecule has 1 unspecified atom stereocenters. The average molecular weight is 669 g/mol. The molecule has 0 heterocycles. The van der Waals surface area contributed by atoms with Crippen molar-refractivity contribution in [2.24, 2.45) is 5.92 Å². The number of hydrogen-bond acceptors (Lipinski definition) is 12. The van der Waals surface area contributed by atoms with E-state index in [0.717, 1.165) is 21.3 Å². The van der Waals surface area contributed by atoms with Crippen molar-refractivity contribution < 1.29 is 61.7 Å². The number of alkyl carbamates (subject to hydrolysis) is 1. The number of rotatable bonds is 19. The Morgan fingerprint density at radius 2 is 1.21 bits per heavy atom. The van der Waals surface area contributed by atoms with Crippen LogP contribution in [-0.4, -0.2) is 99.7 Å². The molecule has 0 bridgehead atoms. The molecule has 4 N–H and O–H groups in total. The number of esters is 3. The lowest BCUT2D eigenvalue weighted by molar-refractivity contribution is -0.144. The van der Waals surface area contributed by atoms with Crippen molar-refractivity contribution in [1.29, 1.82) is 0 Å². The van der Waals surface area contributed by atoms with Gasteiger partial charge < -0.3 is 40.2 Å². The quantitative estimate of drug-likeness (QED) is 0.113. The molecule has 0 aliphatic heterocycles. The van der Waals surface area contributed by atoms with Crippen molar-refractivity contribution in [3.8, 4) is 0 Å². The number of methoxy groups -OCH3 is 3. The Labute approximate surface area is 270 Å². The maximum Gasteiger partial charge on any atom is 0.408 e. The molecule has 0 aromatic heterocycles. The fraction of sp³-hybridized carbons (Fsp3) is 0.533. The number of ketones is 1. The van der Waals surface area contributed by atoms with Gasteiger partial charge in [0.2, 0.25) is 17.7 Å². The molecule has 0 aliphatic carbocycles. The van der Waals surface area contributed by atoms with E-state index in [0.29, 0.717) is 5.56 Å².